The monoisotopic (exact) mass is 380 g/mol. The molecule has 0 saturated carbocycles. The average Bonchev–Trinajstić information content (AvgIpc) is 2.44. The minimum absolute atomic E-state index is 0.235. The van der Waals surface area contributed by atoms with Gasteiger partial charge in [-0.2, -0.15) is 0 Å². The topological polar surface area (TPSA) is 9.23 Å². The van der Waals surface area contributed by atoms with Crippen molar-refractivity contribution in [2.24, 2.45) is 5.92 Å². The van der Waals surface area contributed by atoms with Crippen molar-refractivity contribution in [3.05, 3.63) is 34.3 Å². The van der Waals surface area contributed by atoms with Gasteiger partial charge in [-0.3, -0.25) is 0 Å². The summed E-state index contributed by atoms with van der Waals surface area (Å²) in [5, 5.41) is 0. The van der Waals surface area contributed by atoms with Gasteiger partial charge in [0.15, 0.2) is 0 Å². The molecule has 0 unspecified atom stereocenters. The normalized spacial score (nSPS) is 12.1. The molecule has 1 aromatic carbocycles. The smallest absolute Gasteiger partial charge is 0.0475 e. The molecule has 0 spiro atoms. The minimum atomic E-state index is -0.235. The molecule has 0 fully saturated rings. The zero-order valence-electron chi connectivity index (χ0n) is 12.2. The van der Waals surface area contributed by atoms with E-state index in [9.17, 15) is 0 Å². The van der Waals surface area contributed by atoms with Crippen LogP contribution in [0.3, 0.4) is 0 Å². The first-order valence-electron chi connectivity index (χ1n) is 7.00. The quantitative estimate of drug-likeness (QED) is 0.398. The lowest BCUT2D eigenvalue weighted by atomic mass is 9.81. The summed E-state index contributed by atoms with van der Waals surface area (Å²) in [6, 6.07) is 8.14. The molecule has 0 heterocycles. The highest BCUT2D eigenvalue weighted by molar-refractivity contribution is 9.10. The molecule has 4 heteroatoms. The summed E-state index contributed by atoms with van der Waals surface area (Å²) in [4.78, 5) is 0. The highest BCUT2D eigenvalue weighted by Crippen LogP contribution is 2.36. The Labute approximate surface area is 141 Å². The van der Waals surface area contributed by atoms with Gasteiger partial charge in [0.05, 0.1) is 0 Å². The number of hydrogen-bond donors (Lipinski definition) is 0. The molecule has 0 aromatic heterocycles. The van der Waals surface area contributed by atoms with Gasteiger partial charge in [0, 0.05) is 34.9 Å². The van der Waals surface area contributed by atoms with Crippen molar-refractivity contribution < 1.29 is 4.74 Å². The molecule has 1 nitrogen and oxygen atoms in total. The molecule has 0 N–H and O–H groups in total. The Morgan fingerprint density at radius 2 is 1.80 bits per heavy atom. The van der Waals surface area contributed by atoms with Crippen LogP contribution < -0.4 is 0 Å². The molecule has 20 heavy (non-hydrogen) atoms. The lowest BCUT2D eigenvalue weighted by molar-refractivity contribution is 0.109. The second-order valence-corrected chi connectivity index (χ2v) is 6.96. The zero-order valence-corrected chi connectivity index (χ0v) is 15.3. The molecule has 1 aromatic rings. The summed E-state index contributed by atoms with van der Waals surface area (Å²) in [5.41, 5.74) is 0.929. The second kappa shape index (κ2) is 9.30. The molecule has 0 amide bonds. The second-order valence-electron chi connectivity index (χ2n) is 5.57. The van der Waals surface area contributed by atoms with Crippen LogP contribution in [-0.2, 0) is 10.2 Å². The molecule has 0 aliphatic carbocycles. The van der Waals surface area contributed by atoms with Gasteiger partial charge in [0.2, 0.25) is 0 Å². The molecule has 0 bridgehead atoms. The third-order valence-electron chi connectivity index (χ3n) is 3.52. The predicted octanol–water partition coefficient (Wildman–Crippen LogP) is 5.62. The summed E-state index contributed by atoms with van der Waals surface area (Å²) >= 11 is 16.1. The number of ether oxygens (including phenoxy) is 1. The van der Waals surface area contributed by atoms with E-state index in [4.69, 9.17) is 27.9 Å². The first-order valence-corrected chi connectivity index (χ1v) is 8.86. The van der Waals surface area contributed by atoms with Gasteiger partial charge in [-0.15, -0.1) is 23.2 Å². The van der Waals surface area contributed by atoms with E-state index in [-0.39, 0.29) is 5.41 Å². The fourth-order valence-electron chi connectivity index (χ4n) is 2.03. The van der Waals surface area contributed by atoms with E-state index in [1.165, 1.54) is 0 Å². The largest absolute Gasteiger partial charge is 0.381 e. The standard InChI is InChI=1S/C16H23BrCl2O/c1-13(2)7-9-20-10-8-16(11-18,12-19)14-5-3-4-6-15(14)17/h3-6,13H,7-12H2,1-2H3. The van der Waals surface area contributed by atoms with Crippen molar-refractivity contribution in [3.63, 3.8) is 0 Å². The Balaban J connectivity index is 2.66. The number of alkyl halides is 2. The zero-order chi connectivity index (χ0) is 15.0. The van der Waals surface area contributed by atoms with Crippen molar-refractivity contribution in [3.8, 4) is 0 Å². The first-order chi connectivity index (χ1) is 9.55. The maximum Gasteiger partial charge on any atom is 0.0475 e. The van der Waals surface area contributed by atoms with Crippen LogP contribution in [0, 0.1) is 5.92 Å². The number of rotatable bonds is 9. The Morgan fingerprint density at radius 1 is 1.15 bits per heavy atom. The van der Waals surface area contributed by atoms with E-state index in [0.717, 1.165) is 29.5 Å². The van der Waals surface area contributed by atoms with Gasteiger partial charge in [-0.05, 0) is 30.4 Å². The molecule has 0 radical (unpaired) electrons. The summed E-state index contributed by atoms with van der Waals surface area (Å²) in [6.07, 6.45) is 1.92. The van der Waals surface area contributed by atoms with E-state index < -0.39 is 0 Å². The number of halogens is 3. The summed E-state index contributed by atoms with van der Waals surface area (Å²) < 4.78 is 6.79. The third-order valence-corrected chi connectivity index (χ3v) is 5.24. The van der Waals surface area contributed by atoms with E-state index in [2.05, 4.69) is 35.8 Å². The SMILES string of the molecule is CC(C)CCOCCC(CCl)(CCl)c1ccccc1Br. The number of hydrogen-bond acceptors (Lipinski definition) is 1. The highest BCUT2D eigenvalue weighted by atomic mass is 79.9. The molecule has 1 rings (SSSR count). The van der Waals surface area contributed by atoms with Gasteiger partial charge < -0.3 is 4.74 Å². The molecular weight excluding hydrogens is 359 g/mol. The van der Waals surface area contributed by atoms with Gasteiger partial charge in [-0.25, -0.2) is 0 Å². The van der Waals surface area contributed by atoms with Gasteiger partial charge in [-0.1, -0.05) is 48.0 Å². The van der Waals surface area contributed by atoms with Crippen molar-refractivity contribution >= 4 is 39.1 Å². The van der Waals surface area contributed by atoms with Crippen LogP contribution >= 0.6 is 39.1 Å². The van der Waals surface area contributed by atoms with Gasteiger partial charge >= 0.3 is 0 Å². The summed E-state index contributed by atoms with van der Waals surface area (Å²) in [6.45, 7) is 5.89. The Bertz CT molecular complexity index is 392. The van der Waals surface area contributed by atoms with Crippen LogP contribution in [0.1, 0.15) is 32.3 Å². The van der Waals surface area contributed by atoms with Crippen molar-refractivity contribution in [1.29, 1.82) is 0 Å². The van der Waals surface area contributed by atoms with Crippen LogP contribution in [0.2, 0.25) is 0 Å². The van der Waals surface area contributed by atoms with Crippen molar-refractivity contribution in [2.75, 3.05) is 25.0 Å². The van der Waals surface area contributed by atoms with Gasteiger partial charge in [0.25, 0.3) is 0 Å². The lowest BCUT2D eigenvalue weighted by Crippen LogP contribution is -2.32. The summed E-state index contributed by atoms with van der Waals surface area (Å²) in [5.74, 6) is 1.66. The highest BCUT2D eigenvalue weighted by Gasteiger charge is 2.32. The summed E-state index contributed by atoms with van der Waals surface area (Å²) in [7, 11) is 0. The van der Waals surface area contributed by atoms with Gasteiger partial charge in [0.1, 0.15) is 0 Å². The molecule has 0 atom stereocenters. The predicted molar refractivity (Wildman–Crippen MR) is 92.2 cm³/mol. The van der Waals surface area contributed by atoms with Crippen LogP contribution in [0.15, 0.2) is 28.7 Å². The molecular formula is C16H23BrCl2O. The minimum Gasteiger partial charge on any atom is -0.381 e. The number of benzene rings is 1. The molecule has 0 saturated heterocycles. The maximum atomic E-state index is 6.23. The molecule has 114 valence electrons. The van der Waals surface area contributed by atoms with E-state index in [1.807, 2.05) is 18.2 Å². The molecule has 0 aliphatic rings. The fourth-order valence-corrected chi connectivity index (χ4v) is 3.57. The van der Waals surface area contributed by atoms with Crippen molar-refractivity contribution in [1.82, 2.24) is 0 Å². The first kappa shape index (κ1) is 18.3. The fraction of sp³-hybridized carbons (Fsp3) is 0.625. The van der Waals surface area contributed by atoms with E-state index in [0.29, 0.717) is 24.3 Å². The third kappa shape index (κ3) is 5.22. The van der Waals surface area contributed by atoms with E-state index in [1.54, 1.807) is 0 Å². The van der Waals surface area contributed by atoms with Crippen molar-refractivity contribution in [2.45, 2.75) is 32.1 Å². The Morgan fingerprint density at radius 3 is 2.35 bits per heavy atom. The van der Waals surface area contributed by atoms with Crippen LogP contribution in [0.25, 0.3) is 0 Å². The molecule has 0 aliphatic heterocycles. The maximum absolute atomic E-state index is 6.23. The van der Waals surface area contributed by atoms with Crippen LogP contribution in [0.4, 0.5) is 0 Å². The Kier molecular flexibility index (Phi) is 8.50. The lowest BCUT2D eigenvalue weighted by Gasteiger charge is -2.31. The average molecular weight is 382 g/mol. The van der Waals surface area contributed by atoms with Crippen LogP contribution in [0.5, 0.6) is 0 Å². The van der Waals surface area contributed by atoms with Crippen LogP contribution in [-0.4, -0.2) is 25.0 Å². The Hall–Kier alpha value is 0.240. The van der Waals surface area contributed by atoms with E-state index >= 15 is 0 Å².